The minimum Gasteiger partial charge on any atom is -0.465 e. The highest BCUT2D eigenvalue weighted by Gasteiger charge is 2.45. The minimum atomic E-state index is -0.506. The van der Waals surface area contributed by atoms with Gasteiger partial charge in [-0.25, -0.2) is 4.79 Å². The van der Waals surface area contributed by atoms with Gasteiger partial charge in [-0.2, -0.15) is 22.1 Å². The Labute approximate surface area is 226 Å². The number of carbonyl (C=O) groups excluding carboxylic acids is 1. The van der Waals surface area contributed by atoms with E-state index in [1.54, 1.807) is 36.3 Å². The highest BCUT2D eigenvalue weighted by Crippen LogP contribution is 2.36. The summed E-state index contributed by atoms with van der Waals surface area (Å²) in [4.78, 5) is 13.9. The minimum absolute atomic E-state index is 0.283. The molecule has 1 saturated heterocycles. The summed E-state index contributed by atoms with van der Waals surface area (Å²) in [5, 5.41) is 26.2. The first-order valence-electron chi connectivity index (χ1n) is 12.0. The Hall–Kier alpha value is -4.01. The Kier molecular flexibility index (Phi) is 8.55. The van der Waals surface area contributed by atoms with Gasteiger partial charge < -0.3 is 24.3 Å². The standard InChI is InChI=1S/C27H31N7O3S/c1-4-30-25-23(9-12-32(25)19-37-13-14-38-3)24(29)21-15-31-34(16-21)27(10-11-28)17-33(18-27)22-7-5-20(6-8-22)26(35)36-2/h4-9,12,15-16,29-30H,1,10,13-14,17-19H2,2-3H3. The number of benzene rings is 1. The molecule has 0 aliphatic carbocycles. The van der Waals surface area contributed by atoms with Gasteiger partial charge in [-0.05, 0) is 42.8 Å². The molecule has 0 saturated carbocycles. The number of carbonyl (C=O) groups is 1. The van der Waals surface area contributed by atoms with E-state index in [9.17, 15) is 10.1 Å². The molecule has 0 bridgehead atoms. The van der Waals surface area contributed by atoms with Gasteiger partial charge in [-0.15, -0.1) is 0 Å². The lowest BCUT2D eigenvalue weighted by Gasteiger charge is -2.50. The summed E-state index contributed by atoms with van der Waals surface area (Å²) in [6, 6.07) is 11.4. The first kappa shape index (κ1) is 27.0. The van der Waals surface area contributed by atoms with Crippen molar-refractivity contribution in [3.05, 3.63) is 78.4 Å². The van der Waals surface area contributed by atoms with Crippen molar-refractivity contribution >= 4 is 34.9 Å². The Bertz CT molecular complexity index is 1330. The maximum absolute atomic E-state index is 11.7. The lowest BCUT2D eigenvalue weighted by molar-refractivity contribution is 0.0600. The largest absolute Gasteiger partial charge is 0.465 e. The summed E-state index contributed by atoms with van der Waals surface area (Å²) in [5.74, 6) is 1.25. The zero-order valence-electron chi connectivity index (χ0n) is 21.5. The number of ether oxygens (including phenoxy) is 2. The van der Waals surface area contributed by atoms with E-state index in [1.165, 1.54) is 7.11 Å². The predicted molar refractivity (Wildman–Crippen MR) is 149 cm³/mol. The van der Waals surface area contributed by atoms with Crippen LogP contribution in [0.3, 0.4) is 0 Å². The van der Waals surface area contributed by atoms with Crippen LogP contribution in [-0.2, 0) is 21.7 Å². The van der Waals surface area contributed by atoms with Gasteiger partial charge in [-0.1, -0.05) is 6.58 Å². The molecule has 10 nitrogen and oxygen atoms in total. The van der Waals surface area contributed by atoms with Crippen LogP contribution in [0, 0.1) is 16.7 Å². The van der Waals surface area contributed by atoms with Crippen LogP contribution in [0.15, 0.2) is 61.7 Å². The van der Waals surface area contributed by atoms with Crippen LogP contribution >= 0.6 is 11.8 Å². The van der Waals surface area contributed by atoms with Gasteiger partial charge >= 0.3 is 5.97 Å². The van der Waals surface area contributed by atoms with Crippen molar-refractivity contribution in [3.63, 3.8) is 0 Å². The number of nitrogens with zero attached hydrogens (tertiary/aromatic N) is 5. The first-order valence-corrected chi connectivity index (χ1v) is 13.4. The van der Waals surface area contributed by atoms with E-state index >= 15 is 0 Å². The zero-order valence-corrected chi connectivity index (χ0v) is 22.3. The predicted octanol–water partition coefficient (Wildman–Crippen LogP) is 3.91. The third kappa shape index (κ3) is 5.46. The molecule has 0 amide bonds. The van der Waals surface area contributed by atoms with Crippen molar-refractivity contribution in [3.8, 4) is 6.07 Å². The molecule has 1 aromatic carbocycles. The van der Waals surface area contributed by atoms with Crippen LogP contribution in [0.25, 0.3) is 0 Å². The van der Waals surface area contributed by atoms with Crippen molar-refractivity contribution in [2.45, 2.75) is 18.7 Å². The molecule has 4 rings (SSSR count). The fourth-order valence-corrected chi connectivity index (χ4v) is 4.75. The van der Waals surface area contributed by atoms with Gasteiger partial charge in [0.1, 0.15) is 18.1 Å². The highest BCUT2D eigenvalue weighted by atomic mass is 32.2. The highest BCUT2D eigenvalue weighted by molar-refractivity contribution is 7.98. The molecular formula is C27H31N7O3S. The van der Waals surface area contributed by atoms with E-state index in [2.05, 4.69) is 28.0 Å². The summed E-state index contributed by atoms with van der Waals surface area (Å²) in [5.41, 5.74) is 2.59. The van der Waals surface area contributed by atoms with Crippen LogP contribution in [0.2, 0.25) is 0 Å². The van der Waals surface area contributed by atoms with Crippen molar-refractivity contribution in [1.82, 2.24) is 14.3 Å². The topological polar surface area (TPSA) is 121 Å². The van der Waals surface area contributed by atoms with Crippen molar-refractivity contribution in [2.75, 3.05) is 49.0 Å². The molecule has 38 heavy (non-hydrogen) atoms. The first-order chi connectivity index (χ1) is 18.5. The average Bonchev–Trinajstić information content (AvgIpc) is 3.56. The van der Waals surface area contributed by atoms with Gasteiger partial charge in [0.05, 0.1) is 43.7 Å². The van der Waals surface area contributed by atoms with Crippen LogP contribution < -0.4 is 10.2 Å². The Morgan fingerprint density at radius 3 is 2.74 bits per heavy atom. The number of rotatable bonds is 13. The van der Waals surface area contributed by atoms with E-state index in [-0.39, 0.29) is 12.4 Å². The Balaban J connectivity index is 1.50. The molecule has 3 heterocycles. The summed E-state index contributed by atoms with van der Waals surface area (Å²) < 4.78 is 14.2. The van der Waals surface area contributed by atoms with Gasteiger partial charge in [0, 0.05) is 48.1 Å². The number of aromatic nitrogens is 3. The molecule has 0 unspecified atom stereocenters. The Morgan fingerprint density at radius 1 is 1.32 bits per heavy atom. The van der Waals surface area contributed by atoms with E-state index in [0.29, 0.717) is 48.8 Å². The number of hydrogen-bond acceptors (Lipinski definition) is 9. The van der Waals surface area contributed by atoms with Crippen molar-refractivity contribution in [2.24, 2.45) is 0 Å². The molecule has 0 radical (unpaired) electrons. The second kappa shape index (κ2) is 12.0. The number of esters is 1. The molecule has 3 aromatic rings. The van der Waals surface area contributed by atoms with Gasteiger partial charge in [0.15, 0.2) is 0 Å². The number of nitrogens with one attached hydrogen (secondary N) is 2. The smallest absolute Gasteiger partial charge is 0.337 e. The molecule has 1 aliphatic rings. The van der Waals surface area contributed by atoms with E-state index in [0.717, 1.165) is 17.3 Å². The Morgan fingerprint density at radius 2 is 2.08 bits per heavy atom. The quantitative estimate of drug-likeness (QED) is 0.193. The van der Waals surface area contributed by atoms with Gasteiger partial charge in [0.25, 0.3) is 0 Å². The number of thioether (sulfide) groups is 1. The molecule has 1 fully saturated rings. The van der Waals surface area contributed by atoms with Crippen molar-refractivity contribution in [1.29, 1.82) is 10.7 Å². The second-order valence-corrected chi connectivity index (χ2v) is 9.91. The molecule has 2 N–H and O–H groups in total. The van der Waals surface area contributed by atoms with Gasteiger partial charge in [0.2, 0.25) is 0 Å². The van der Waals surface area contributed by atoms with E-state index < -0.39 is 5.54 Å². The van der Waals surface area contributed by atoms with E-state index in [1.807, 2.05) is 46.1 Å². The zero-order chi connectivity index (χ0) is 27.1. The molecule has 1 aliphatic heterocycles. The summed E-state index contributed by atoms with van der Waals surface area (Å²) in [6.45, 7) is 5.94. The van der Waals surface area contributed by atoms with Gasteiger partial charge in [-0.3, -0.25) is 10.1 Å². The third-order valence-electron chi connectivity index (χ3n) is 6.52. The van der Waals surface area contributed by atoms with Crippen molar-refractivity contribution < 1.29 is 14.3 Å². The maximum Gasteiger partial charge on any atom is 0.337 e. The lowest BCUT2D eigenvalue weighted by atomic mass is 9.86. The number of nitriles is 1. The summed E-state index contributed by atoms with van der Waals surface area (Å²) >= 11 is 1.72. The second-order valence-electron chi connectivity index (χ2n) is 8.93. The average molecular weight is 534 g/mol. The van der Waals surface area contributed by atoms with Crippen LogP contribution in [0.4, 0.5) is 11.5 Å². The summed E-state index contributed by atoms with van der Waals surface area (Å²) in [6.07, 6.45) is 9.28. The number of anilines is 2. The summed E-state index contributed by atoms with van der Waals surface area (Å²) in [7, 11) is 1.36. The molecule has 0 spiro atoms. The third-order valence-corrected chi connectivity index (χ3v) is 7.10. The molecule has 198 valence electrons. The molecule has 11 heteroatoms. The molecule has 2 aromatic heterocycles. The molecular weight excluding hydrogens is 502 g/mol. The fourth-order valence-electron chi connectivity index (χ4n) is 4.47. The maximum atomic E-state index is 11.7. The monoisotopic (exact) mass is 533 g/mol. The lowest BCUT2D eigenvalue weighted by Crippen LogP contribution is -2.63. The normalized spacial score (nSPS) is 13.9. The fraction of sp³-hybridized carbons (Fsp3) is 0.333. The number of hydrogen-bond donors (Lipinski definition) is 2. The number of methoxy groups -OCH3 is 1. The van der Waals surface area contributed by atoms with Crippen LogP contribution in [-0.4, -0.2) is 64.8 Å². The SMILES string of the molecule is C=CNc1c(C(=N)c2cnn(C3(CC#N)CN(c4ccc(C(=O)OC)cc4)C3)c2)ccn1COCCSC. The van der Waals surface area contributed by atoms with Crippen LogP contribution in [0.5, 0.6) is 0 Å². The van der Waals surface area contributed by atoms with E-state index in [4.69, 9.17) is 14.9 Å². The van der Waals surface area contributed by atoms with Crippen LogP contribution in [0.1, 0.15) is 27.9 Å². The molecule has 0 atom stereocenters.